The summed E-state index contributed by atoms with van der Waals surface area (Å²) in [4.78, 5) is 1.65. The van der Waals surface area contributed by atoms with Gasteiger partial charge in [0, 0.05) is 22.2 Å². The van der Waals surface area contributed by atoms with Crippen LogP contribution in [0.5, 0.6) is 11.5 Å². The van der Waals surface area contributed by atoms with E-state index in [9.17, 15) is 0 Å². The van der Waals surface area contributed by atoms with Crippen LogP contribution in [-0.2, 0) is 0 Å². The zero-order valence-corrected chi connectivity index (χ0v) is 14.3. The summed E-state index contributed by atoms with van der Waals surface area (Å²) >= 11 is 26.5. The Morgan fingerprint density at radius 2 is 1.20 bits per heavy atom. The minimum Gasteiger partial charge on any atom is -0.455 e. The minimum atomic E-state index is 0.571. The van der Waals surface area contributed by atoms with E-state index in [1.54, 1.807) is 12.1 Å². The van der Waals surface area contributed by atoms with E-state index in [-0.39, 0.29) is 0 Å². The van der Waals surface area contributed by atoms with Gasteiger partial charge in [0.05, 0.1) is 19.8 Å². The average Bonchev–Trinajstić information content (AvgIpc) is 2.41. The minimum absolute atomic E-state index is 0.571. The molecule has 1 heterocycles. The summed E-state index contributed by atoms with van der Waals surface area (Å²) in [6.07, 6.45) is 0. The average molecular weight is 366 g/mol. The molecule has 104 valence electrons. The molecule has 0 saturated carbocycles. The molecule has 2 aromatic carbocycles. The highest BCUT2D eigenvalue weighted by Crippen LogP contribution is 2.55. The number of halogens is 4. The Morgan fingerprint density at radius 1 is 0.800 bits per heavy atom. The van der Waals surface area contributed by atoms with Crippen molar-refractivity contribution in [3.05, 3.63) is 43.4 Å². The summed E-state index contributed by atoms with van der Waals surface area (Å²) in [6.45, 7) is 3.74. The van der Waals surface area contributed by atoms with Crippen LogP contribution in [0.1, 0.15) is 11.1 Å². The third-order valence-corrected chi connectivity index (χ3v) is 6.33. The van der Waals surface area contributed by atoms with Crippen molar-refractivity contribution in [3.63, 3.8) is 0 Å². The van der Waals surface area contributed by atoms with Crippen molar-refractivity contribution >= 4 is 58.2 Å². The molecule has 0 bridgehead atoms. The smallest absolute Gasteiger partial charge is 0.144 e. The Kier molecular flexibility index (Phi) is 3.81. The fourth-order valence-electron chi connectivity index (χ4n) is 1.91. The zero-order valence-electron chi connectivity index (χ0n) is 10.5. The second kappa shape index (κ2) is 5.19. The second-order valence-electron chi connectivity index (χ2n) is 4.45. The molecular formula is C14H8Cl4OS. The molecule has 0 aliphatic carbocycles. The molecule has 20 heavy (non-hydrogen) atoms. The van der Waals surface area contributed by atoms with Crippen LogP contribution in [0, 0.1) is 13.8 Å². The topological polar surface area (TPSA) is 9.23 Å². The fourth-order valence-corrected chi connectivity index (χ4v) is 4.10. The van der Waals surface area contributed by atoms with Crippen molar-refractivity contribution in [2.45, 2.75) is 23.6 Å². The molecule has 1 nitrogen and oxygen atoms in total. The van der Waals surface area contributed by atoms with Gasteiger partial charge < -0.3 is 4.74 Å². The van der Waals surface area contributed by atoms with E-state index in [0.717, 1.165) is 20.9 Å². The molecule has 0 N–H and O–H groups in total. The molecule has 0 radical (unpaired) electrons. The van der Waals surface area contributed by atoms with Crippen molar-refractivity contribution in [2.75, 3.05) is 0 Å². The largest absolute Gasteiger partial charge is 0.455 e. The lowest BCUT2D eigenvalue weighted by molar-refractivity contribution is 0.454. The first kappa shape index (κ1) is 14.7. The van der Waals surface area contributed by atoms with Gasteiger partial charge in [0.2, 0.25) is 0 Å². The molecule has 0 spiro atoms. The van der Waals surface area contributed by atoms with Crippen LogP contribution in [0.25, 0.3) is 0 Å². The van der Waals surface area contributed by atoms with E-state index in [2.05, 4.69) is 0 Å². The van der Waals surface area contributed by atoms with Gasteiger partial charge in [0.25, 0.3) is 0 Å². The molecule has 2 aromatic rings. The number of hydrogen-bond acceptors (Lipinski definition) is 2. The van der Waals surface area contributed by atoms with E-state index in [4.69, 9.17) is 51.1 Å². The van der Waals surface area contributed by atoms with Crippen LogP contribution in [-0.4, -0.2) is 0 Å². The molecule has 0 aromatic heterocycles. The first-order chi connectivity index (χ1) is 9.40. The van der Waals surface area contributed by atoms with Crippen molar-refractivity contribution in [2.24, 2.45) is 0 Å². The fraction of sp³-hybridized carbons (Fsp3) is 0.143. The standard InChI is InChI=1S/C14H8Cl4OS/c1-5-7(15)3-9-13(11(5)17)20-14-10(19-9)4-8(16)6(2)12(14)18/h3-4H,1-2H3. The van der Waals surface area contributed by atoms with E-state index in [0.29, 0.717) is 31.6 Å². The summed E-state index contributed by atoms with van der Waals surface area (Å²) in [5.74, 6) is 1.25. The monoisotopic (exact) mass is 364 g/mol. The molecular weight excluding hydrogens is 358 g/mol. The third kappa shape index (κ3) is 2.18. The lowest BCUT2D eigenvalue weighted by Gasteiger charge is -2.23. The number of fused-ring (bicyclic) bond motifs is 2. The normalized spacial score (nSPS) is 12.7. The van der Waals surface area contributed by atoms with E-state index < -0.39 is 0 Å². The van der Waals surface area contributed by atoms with Gasteiger partial charge in [0.15, 0.2) is 0 Å². The lowest BCUT2D eigenvalue weighted by Crippen LogP contribution is -1.99. The van der Waals surface area contributed by atoms with Gasteiger partial charge in [0.1, 0.15) is 11.5 Å². The van der Waals surface area contributed by atoms with E-state index >= 15 is 0 Å². The Labute approximate surface area is 141 Å². The number of ether oxygens (including phenoxy) is 1. The summed E-state index contributed by atoms with van der Waals surface area (Å²) in [7, 11) is 0. The van der Waals surface area contributed by atoms with Crippen LogP contribution in [0.2, 0.25) is 20.1 Å². The molecule has 0 saturated heterocycles. The van der Waals surface area contributed by atoms with Crippen LogP contribution < -0.4 is 4.74 Å². The molecule has 3 rings (SSSR count). The second-order valence-corrected chi connectivity index (χ2v) is 7.04. The maximum absolute atomic E-state index is 6.35. The highest BCUT2D eigenvalue weighted by atomic mass is 35.5. The van der Waals surface area contributed by atoms with Crippen LogP contribution >= 0.6 is 58.2 Å². The quantitative estimate of drug-likeness (QED) is 0.417. The van der Waals surface area contributed by atoms with Gasteiger partial charge in [-0.25, -0.2) is 0 Å². The molecule has 0 fully saturated rings. The predicted octanol–water partition coefficient (Wildman–Crippen LogP) is 7.17. The summed E-state index contributed by atoms with van der Waals surface area (Å²) < 4.78 is 5.85. The number of hydrogen-bond donors (Lipinski definition) is 0. The van der Waals surface area contributed by atoms with Gasteiger partial charge >= 0.3 is 0 Å². The van der Waals surface area contributed by atoms with Crippen molar-refractivity contribution in [3.8, 4) is 11.5 Å². The Bertz CT molecular complexity index is 681. The highest BCUT2D eigenvalue weighted by molar-refractivity contribution is 7.99. The maximum Gasteiger partial charge on any atom is 0.144 e. The Balaban J connectivity index is 2.22. The molecule has 1 aliphatic rings. The summed E-state index contributed by atoms with van der Waals surface area (Å²) in [5, 5.41) is 2.32. The van der Waals surface area contributed by atoms with E-state index in [1.807, 2.05) is 13.8 Å². The Hall–Kier alpha value is -0.250. The van der Waals surface area contributed by atoms with Gasteiger partial charge in [-0.2, -0.15) is 0 Å². The molecule has 0 atom stereocenters. The number of rotatable bonds is 0. The molecule has 1 aliphatic heterocycles. The SMILES string of the molecule is Cc1c(Cl)cc2c(c1Cl)Sc1c(cc(Cl)c(C)c1Cl)O2. The van der Waals surface area contributed by atoms with Crippen LogP contribution in [0.3, 0.4) is 0 Å². The van der Waals surface area contributed by atoms with Crippen LogP contribution in [0.15, 0.2) is 21.9 Å². The summed E-state index contributed by atoms with van der Waals surface area (Å²) in [5.41, 5.74) is 1.65. The molecule has 0 unspecified atom stereocenters. The first-order valence-corrected chi connectivity index (χ1v) is 8.06. The maximum atomic E-state index is 6.35. The van der Waals surface area contributed by atoms with E-state index in [1.165, 1.54) is 11.8 Å². The molecule has 6 heteroatoms. The van der Waals surface area contributed by atoms with Gasteiger partial charge in [-0.05, 0) is 25.0 Å². The van der Waals surface area contributed by atoms with Gasteiger partial charge in [-0.15, -0.1) is 0 Å². The predicted molar refractivity (Wildman–Crippen MR) is 86.6 cm³/mol. The Morgan fingerprint density at radius 3 is 1.60 bits per heavy atom. The highest BCUT2D eigenvalue weighted by Gasteiger charge is 2.26. The first-order valence-electron chi connectivity index (χ1n) is 5.73. The van der Waals surface area contributed by atoms with Crippen molar-refractivity contribution in [1.82, 2.24) is 0 Å². The van der Waals surface area contributed by atoms with Crippen molar-refractivity contribution < 1.29 is 4.74 Å². The summed E-state index contributed by atoms with van der Waals surface area (Å²) in [6, 6.07) is 3.52. The number of benzene rings is 2. The van der Waals surface area contributed by atoms with Gasteiger partial charge in [-0.1, -0.05) is 58.2 Å². The lowest BCUT2D eigenvalue weighted by atomic mass is 10.2. The zero-order chi connectivity index (χ0) is 14.6. The van der Waals surface area contributed by atoms with Crippen molar-refractivity contribution in [1.29, 1.82) is 0 Å². The van der Waals surface area contributed by atoms with Crippen LogP contribution in [0.4, 0.5) is 0 Å². The molecule has 0 amide bonds. The van der Waals surface area contributed by atoms with Gasteiger partial charge in [-0.3, -0.25) is 0 Å². The third-order valence-electron chi connectivity index (χ3n) is 3.16.